The van der Waals surface area contributed by atoms with Crippen LogP contribution < -0.4 is 19.7 Å². The van der Waals surface area contributed by atoms with E-state index in [-0.39, 0.29) is 11.8 Å². The number of nitrogens with zero attached hydrogens (tertiary/aromatic N) is 3. The van der Waals surface area contributed by atoms with E-state index in [9.17, 15) is 4.79 Å². The van der Waals surface area contributed by atoms with Crippen LogP contribution in [0.15, 0.2) is 24.4 Å². The van der Waals surface area contributed by atoms with Crippen molar-refractivity contribution in [1.82, 2.24) is 9.97 Å². The molecule has 3 rings (SSSR count). The van der Waals surface area contributed by atoms with E-state index in [1.807, 2.05) is 6.20 Å². The van der Waals surface area contributed by atoms with Gasteiger partial charge in [0.2, 0.25) is 11.9 Å². The lowest BCUT2D eigenvalue weighted by Crippen LogP contribution is -2.30. The minimum Gasteiger partial charge on any atom is -0.497 e. The van der Waals surface area contributed by atoms with Gasteiger partial charge in [0.25, 0.3) is 0 Å². The number of anilines is 2. The standard InChI is InChI=1S/C21H28N4O3/c1-5-25(6-2)21-22-13-15-11-14(7-9-17(15)24-21)20(26)23-18-10-8-16(27-3)12-19(18)28-4/h8,10,12-14H,5-7,9,11H2,1-4H3,(H,23,26)/t14-/m0/s1. The van der Waals surface area contributed by atoms with Crippen molar-refractivity contribution in [2.45, 2.75) is 33.1 Å². The molecule has 0 saturated heterocycles. The van der Waals surface area contributed by atoms with Crippen LogP contribution in [0.2, 0.25) is 0 Å². The summed E-state index contributed by atoms with van der Waals surface area (Å²) in [6.07, 6.45) is 4.08. The number of aryl methyl sites for hydroxylation is 1. The normalized spacial score (nSPS) is 15.5. The molecule has 1 aliphatic rings. The third-order valence-corrected chi connectivity index (χ3v) is 5.22. The van der Waals surface area contributed by atoms with Crippen LogP contribution in [0.25, 0.3) is 0 Å². The second-order valence-electron chi connectivity index (χ2n) is 6.81. The van der Waals surface area contributed by atoms with Crippen LogP contribution in [0.1, 0.15) is 31.5 Å². The maximum absolute atomic E-state index is 12.8. The van der Waals surface area contributed by atoms with E-state index in [2.05, 4.69) is 29.0 Å². The number of fused-ring (bicyclic) bond motifs is 1. The summed E-state index contributed by atoms with van der Waals surface area (Å²) in [5.41, 5.74) is 2.76. The van der Waals surface area contributed by atoms with Gasteiger partial charge in [-0.05, 0) is 50.8 Å². The van der Waals surface area contributed by atoms with Gasteiger partial charge in [0.15, 0.2) is 0 Å². The number of hydrogen-bond donors (Lipinski definition) is 1. The number of methoxy groups -OCH3 is 2. The fourth-order valence-electron chi connectivity index (χ4n) is 3.52. The number of aromatic nitrogens is 2. The molecule has 0 saturated carbocycles. The molecule has 28 heavy (non-hydrogen) atoms. The number of ether oxygens (including phenoxy) is 2. The molecule has 7 heteroatoms. The van der Waals surface area contributed by atoms with Gasteiger partial charge >= 0.3 is 0 Å². The molecule has 1 amide bonds. The highest BCUT2D eigenvalue weighted by atomic mass is 16.5. The number of carbonyl (C=O) groups is 1. The van der Waals surface area contributed by atoms with E-state index in [4.69, 9.17) is 14.5 Å². The first-order valence-electron chi connectivity index (χ1n) is 9.72. The fraction of sp³-hybridized carbons (Fsp3) is 0.476. The smallest absolute Gasteiger partial charge is 0.227 e. The molecule has 0 fully saturated rings. The van der Waals surface area contributed by atoms with E-state index in [0.29, 0.717) is 23.6 Å². The predicted molar refractivity (Wildman–Crippen MR) is 109 cm³/mol. The van der Waals surface area contributed by atoms with Crippen molar-refractivity contribution in [1.29, 1.82) is 0 Å². The van der Waals surface area contributed by atoms with Crippen LogP contribution in [-0.4, -0.2) is 43.2 Å². The predicted octanol–water partition coefficient (Wildman–Crippen LogP) is 3.08. The molecule has 1 heterocycles. The molecule has 1 aromatic heterocycles. The number of hydrogen-bond acceptors (Lipinski definition) is 6. The molecular weight excluding hydrogens is 356 g/mol. The average molecular weight is 384 g/mol. The Morgan fingerprint density at radius 1 is 1.25 bits per heavy atom. The second kappa shape index (κ2) is 8.91. The highest BCUT2D eigenvalue weighted by Crippen LogP contribution is 2.31. The first kappa shape index (κ1) is 19.9. The zero-order chi connectivity index (χ0) is 20.1. The van der Waals surface area contributed by atoms with Gasteiger partial charge in [0.05, 0.1) is 19.9 Å². The number of rotatable bonds is 7. The monoisotopic (exact) mass is 384 g/mol. The van der Waals surface area contributed by atoms with Crippen molar-refractivity contribution in [3.8, 4) is 11.5 Å². The molecular formula is C21H28N4O3. The van der Waals surface area contributed by atoms with Crippen molar-refractivity contribution in [2.75, 3.05) is 37.5 Å². The molecule has 0 unspecified atom stereocenters. The minimum atomic E-state index is -0.109. The Bertz CT molecular complexity index is 836. The Balaban J connectivity index is 1.71. The topological polar surface area (TPSA) is 76.6 Å². The maximum atomic E-state index is 12.8. The van der Waals surface area contributed by atoms with Gasteiger partial charge in [-0.2, -0.15) is 0 Å². The molecule has 1 aliphatic carbocycles. The van der Waals surface area contributed by atoms with Crippen molar-refractivity contribution in [2.24, 2.45) is 5.92 Å². The van der Waals surface area contributed by atoms with E-state index >= 15 is 0 Å². The van der Waals surface area contributed by atoms with E-state index in [1.54, 1.807) is 32.4 Å². The summed E-state index contributed by atoms with van der Waals surface area (Å²) in [4.78, 5) is 24.2. The van der Waals surface area contributed by atoms with Gasteiger partial charge in [0.1, 0.15) is 11.5 Å². The lowest BCUT2D eigenvalue weighted by Gasteiger charge is -2.25. The van der Waals surface area contributed by atoms with Gasteiger partial charge in [-0.25, -0.2) is 9.97 Å². The Labute approximate surface area is 166 Å². The summed E-state index contributed by atoms with van der Waals surface area (Å²) in [7, 11) is 3.17. The molecule has 1 atom stereocenters. The fourth-order valence-corrected chi connectivity index (χ4v) is 3.52. The Kier molecular flexibility index (Phi) is 6.34. The van der Waals surface area contributed by atoms with Crippen LogP contribution in [-0.2, 0) is 17.6 Å². The Morgan fingerprint density at radius 3 is 2.71 bits per heavy atom. The summed E-state index contributed by atoms with van der Waals surface area (Å²) in [5.74, 6) is 1.91. The second-order valence-corrected chi connectivity index (χ2v) is 6.81. The van der Waals surface area contributed by atoms with Gasteiger partial charge < -0.3 is 19.7 Å². The lowest BCUT2D eigenvalue weighted by atomic mass is 9.86. The van der Waals surface area contributed by atoms with Crippen LogP contribution in [0.3, 0.4) is 0 Å². The van der Waals surface area contributed by atoms with E-state index in [1.165, 1.54) is 0 Å². The largest absolute Gasteiger partial charge is 0.497 e. The van der Waals surface area contributed by atoms with Gasteiger partial charge in [-0.1, -0.05) is 0 Å². The molecule has 0 spiro atoms. The third-order valence-electron chi connectivity index (χ3n) is 5.22. The maximum Gasteiger partial charge on any atom is 0.227 e. The lowest BCUT2D eigenvalue weighted by molar-refractivity contribution is -0.120. The average Bonchev–Trinajstić information content (AvgIpc) is 2.74. The SMILES string of the molecule is CCN(CC)c1ncc2c(n1)CC[C@H](C(=O)Nc1ccc(OC)cc1OC)C2. The van der Waals surface area contributed by atoms with Gasteiger partial charge in [-0.15, -0.1) is 0 Å². The molecule has 7 nitrogen and oxygen atoms in total. The van der Waals surface area contributed by atoms with Crippen LogP contribution in [0, 0.1) is 5.92 Å². The molecule has 2 aromatic rings. The highest BCUT2D eigenvalue weighted by molar-refractivity contribution is 5.94. The number of carbonyl (C=O) groups excluding carboxylic acids is 1. The van der Waals surface area contributed by atoms with Crippen LogP contribution in [0.4, 0.5) is 11.6 Å². The summed E-state index contributed by atoms with van der Waals surface area (Å²) in [6, 6.07) is 5.36. The number of amides is 1. The first-order chi connectivity index (χ1) is 13.6. The van der Waals surface area contributed by atoms with Gasteiger partial charge in [0, 0.05) is 37.0 Å². The van der Waals surface area contributed by atoms with Crippen molar-refractivity contribution >= 4 is 17.5 Å². The molecule has 0 radical (unpaired) electrons. The number of benzene rings is 1. The molecule has 1 N–H and O–H groups in total. The zero-order valence-corrected chi connectivity index (χ0v) is 17.0. The van der Waals surface area contributed by atoms with Crippen LogP contribution >= 0.6 is 0 Å². The molecule has 150 valence electrons. The summed E-state index contributed by atoms with van der Waals surface area (Å²) < 4.78 is 10.6. The highest BCUT2D eigenvalue weighted by Gasteiger charge is 2.27. The van der Waals surface area contributed by atoms with Crippen molar-refractivity contribution in [3.05, 3.63) is 35.7 Å². The van der Waals surface area contributed by atoms with Gasteiger partial charge in [-0.3, -0.25) is 4.79 Å². The number of nitrogens with one attached hydrogen (secondary N) is 1. The molecule has 0 bridgehead atoms. The Morgan fingerprint density at radius 2 is 2.04 bits per heavy atom. The quantitative estimate of drug-likeness (QED) is 0.791. The van der Waals surface area contributed by atoms with E-state index in [0.717, 1.165) is 43.1 Å². The summed E-state index contributed by atoms with van der Waals surface area (Å²) in [6.45, 7) is 5.95. The minimum absolute atomic E-state index is 0.0121. The summed E-state index contributed by atoms with van der Waals surface area (Å²) in [5, 5.41) is 2.99. The van der Waals surface area contributed by atoms with Crippen molar-refractivity contribution in [3.63, 3.8) is 0 Å². The third kappa shape index (κ3) is 4.18. The first-order valence-corrected chi connectivity index (χ1v) is 9.72. The Hall–Kier alpha value is -2.83. The van der Waals surface area contributed by atoms with Crippen molar-refractivity contribution < 1.29 is 14.3 Å². The molecule has 1 aromatic carbocycles. The zero-order valence-electron chi connectivity index (χ0n) is 17.0. The summed E-state index contributed by atoms with van der Waals surface area (Å²) >= 11 is 0. The van der Waals surface area contributed by atoms with E-state index < -0.39 is 0 Å². The van der Waals surface area contributed by atoms with Crippen LogP contribution in [0.5, 0.6) is 11.5 Å². The molecule has 0 aliphatic heterocycles.